The van der Waals surface area contributed by atoms with E-state index in [9.17, 15) is 9.59 Å². The molecule has 0 spiro atoms. The molecule has 31 heavy (non-hydrogen) atoms. The van der Waals surface area contributed by atoms with Crippen molar-refractivity contribution in [2.24, 2.45) is 0 Å². The van der Waals surface area contributed by atoms with Crippen molar-refractivity contribution in [3.8, 4) is 5.75 Å². The Bertz CT molecular complexity index is 1010. The standard InChI is InChI=1S/C24H27N3O3S/c1-2-30-19-9-7-18(8-10-19)21(28)11-12-24(29)27-15-13-26(14-16-27)17-23-25-20-5-3-4-6-22(20)31-23/h3-10H,2,11-17H2,1H3. The number of ketones is 1. The number of thiazole rings is 1. The van der Waals surface area contributed by atoms with E-state index >= 15 is 0 Å². The Morgan fingerprint density at radius 2 is 1.74 bits per heavy atom. The van der Waals surface area contributed by atoms with Crippen LogP contribution in [-0.2, 0) is 11.3 Å². The van der Waals surface area contributed by atoms with Crippen LogP contribution in [0.1, 0.15) is 35.1 Å². The molecule has 1 aliphatic heterocycles. The zero-order valence-electron chi connectivity index (χ0n) is 17.8. The molecule has 6 nitrogen and oxygen atoms in total. The number of amides is 1. The highest BCUT2D eigenvalue weighted by atomic mass is 32.1. The first-order valence-electron chi connectivity index (χ1n) is 10.7. The van der Waals surface area contributed by atoms with Crippen molar-refractivity contribution in [2.75, 3.05) is 32.8 Å². The summed E-state index contributed by atoms with van der Waals surface area (Å²) in [4.78, 5) is 33.9. The zero-order valence-corrected chi connectivity index (χ0v) is 18.6. The molecule has 3 aromatic rings. The van der Waals surface area contributed by atoms with E-state index in [0.717, 1.165) is 35.9 Å². The van der Waals surface area contributed by atoms with Crippen LogP contribution in [0.15, 0.2) is 48.5 Å². The summed E-state index contributed by atoms with van der Waals surface area (Å²) in [5, 5.41) is 1.11. The van der Waals surface area contributed by atoms with Gasteiger partial charge in [-0.2, -0.15) is 0 Å². The fourth-order valence-corrected chi connectivity index (χ4v) is 4.77. The van der Waals surface area contributed by atoms with Gasteiger partial charge < -0.3 is 9.64 Å². The Morgan fingerprint density at radius 1 is 1.00 bits per heavy atom. The summed E-state index contributed by atoms with van der Waals surface area (Å²) in [6.07, 6.45) is 0.489. The first kappa shape index (κ1) is 21.5. The van der Waals surface area contributed by atoms with E-state index in [1.165, 1.54) is 4.70 Å². The summed E-state index contributed by atoms with van der Waals surface area (Å²) in [5.74, 6) is 0.795. The van der Waals surface area contributed by atoms with Gasteiger partial charge in [-0.25, -0.2) is 4.98 Å². The van der Waals surface area contributed by atoms with Crippen molar-refractivity contribution in [3.05, 3.63) is 59.1 Å². The summed E-state index contributed by atoms with van der Waals surface area (Å²) in [6, 6.07) is 15.3. The molecule has 1 fully saturated rings. The maximum absolute atomic E-state index is 12.6. The first-order valence-corrected chi connectivity index (χ1v) is 11.5. The van der Waals surface area contributed by atoms with Gasteiger partial charge in [0.1, 0.15) is 10.8 Å². The third kappa shape index (κ3) is 5.48. The largest absolute Gasteiger partial charge is 0.494 e. The molecule has 0 bridgehead atoms. The fourth-order valence-electron chi connectivity index (χ4n) is 3.76. The highest BCUT2D eigenvalue weighted by Gasteiger charge is 2.22. The minimum absolute atomic E-state index is 0.00845. The summed E-state index contributed by atoms with van der Waals surface area (Å²) in [5.41, 5.74) is 1.67. The van der Waals surface area contributed by atoms with Crippen LogP contribution in [0.2, 0.25) is 0 Å². The average Bonchev–Trinajstić information content (AvgIpc) is 3.21. The maximum atomic E-state index is 12.6. The molecule has 1 amide bonds. The molecular weight excluding hydrogens is 410 g/mol. The lowest BCUT2D eigenvalue weighted by Gasteiger charge is -2.34. The Labute approximate surface area is 186 Å². The molecule has 162 valence electrons. The van der Waals surface area contributed by atoms with Crippen LogP contribution in [0.25, 0.3) is 10.2 Å². The van der Waals surface area contributed by atoms with Crippen molar-refractivity contribution in [2.45, 2.75) is 26.3 Å². The molecule has 1 saturated heterocycles. The highest BCUT2D eigenvalue weighted by molar-refractivity contribution is 7.18. The number of aromatic nitrogens is 1. The number of para-hydroxylation sites is 1. The van der Waals surface area contributed by atoms with Gasteiger partial charge in [-0.05, 0) is 43.3 Å². The lowest BCUT2D eigenvalue weighted by Crippen LogP contribution is -2.48. The number of piperazine rings is 1. The Hall–Kier alpha value is -2.77. The molecule has 1 aromatic heterocycles. The molecule has 7 heteroatoms. The van der Waals surface area contributed by atoms with Crippen LogP contribution >= 0.6 is 11.3 Å². The number of benzene rings is 2. The number of fused-ring (bicyclic) bond motifs is 1. The zero-order chi connectivity index (χ0) is 21.6. The van der Waals surface area contributed by atoms with Gasteiger partial charge in [-0.15, -0.1) is 11.3 Å². The topological polar surface area (TPSA) is 62.7 Å². The number of hydrogen-bond donors (Lipinski definition) is 0. The predicted molar refractivity (Wildman–Crippen MR) is 123 cm³/mol. The van der Waals surface area contributed by atoms with Crippen LogP contribution in [0.5, 0.6) is 5.75 Å². The van der Waals surface area contributed by atoms with Crippen LogP contribution in [0, 0.1) is 0 Å². The Kier molecular flexibility index (Phi) is 6.94. The van der Waals surface area contributed by atoms with Crippen LogP contribution in [-0.4, -0.2) is 59.3 Å². The van der Waals surface area contributed by atoms with E-state index in [-0.39, 0.29) is 24.5 Å². The molecule has 0 saturated carbocycles. The Balaban J connectivity index is 1.22. The van der Waals surface area contributed by atoms with Gasteiger partial charge >= 0.3 is 0 Å². The number of hydrogen-bond acceptors (Lipinski definition) is 6. The van der Waals surface area contributed by atoms with E-state index in [4.69, 9.17) is 9.72 Å². The number of nitrogens with zero attached hydrogens (tertiary/aromatic N) is 3. The molecule has 0 radical (unpaired) electrons. The number of rotatable bonds is 8. The quantitative estimate of drug-likeness (QED) is 0.499. The average molecular weight is 438 g/mol. The first-order chi connectivity index (χ1) is 15.1. The Morgan fingerprint density at radius 3 is 2.45 bits per heavy atom. The smallest absolute Gasteiger partial charge is 0.223 e. The van der Waals surface area contributed by atoms with E-state index in [2.05, 4.69) is 11.0 Å². The molecule has 2 aromatic carbocycles. The maximum Gasteiger partial charge on any atom is 0.223 e. The van der Waals surface area contributed by atoms with E-state index in [0.29, 0.717) is 25.3 Å². The summed E-state index contributed by atoms with van der Waals surface area (Å²) in [6.45, 7) is 6.38. The molecule has 1 aliphatic rings. The van der Waals surface area contributed by atoms with Gasteiger partial charge in [0.05, 0.1) is 23.4 Å². The van der Waals surface area contributed by atoms with Gasteiger partial charge in [0, 0.05) is 44.6 Å². The third-order valence-electron chi connectivity index (χ3n) is 5.48. The highest BCUT2D eigenvalue weighted by Crippen LogP contribution is 2.23. The second kappa shape index (κ2) is 10.0. The van der Waals surface area contributed by atoms with Gasteiger partial charge in [0.25, 0.3) is 0 Å². The second-order valence-corrected chi connectivity index (χ2v) is 8.73. The summed E-state index contributed by atoms with van der Waals surface area (Å²) < 4.78 is 6.61. The molecule has 4 rings (SSSR count). The monoisotopic (exact) mass is 437 g/mol. The molecule has 0 aliphatic carbocycles. The predicted octanol–water partition coefficient (Wildman–Crippen LogP) is 4.00. The molecule has 0 unspecified atom stereocenters. The second-order valence-electron chi connectivity index (χ2n) is 7.61. The van der Waals surface area contributed by atoms with Gasteiger partial charge in [-0.3, -0.25) is 14.5 Å². The lowest BCUT2D eigenvalue weighted by atomic mass is 10.1. The number of carbonyl (C=O) groups excluding carboxylic acids is 2. The fraction of sp³-hybridized carbons (Fsp3) is 0.375. The van der Waals surface area contributed by atoms with E-state index < -0.39 is 0 Å². The van der Waals surface area contributed by atoms with Gasteiger partial charge in [0.2, 0.25) is 5.91 Å². The van der Waals surface area contributed by atoms with Gasteiger partial charge in [-0.1, -0.05) is 12.1 Å². The van der Waals surface area contributed by atoms with Crippen molar-refractivity contribution < 1.29 is 14.3 Å². The molecule has 0 N–H and O–H groups in total. The van der Waals surface area contributed by atoms with Gasteiger partial charge in [0.15, 0.2) is 5.78 Å². The van der Waals surface area contributed by atoms with Crippen molar-refractivity contribution >= 4 is 33.2 Å². The SMILES string of the molecule is CCOc1ccc(C(=O)CCC(=O)N2CCN(Cc3nc4ccccc4s3)CC2)cc1. The lowest BCUT2D eigenvalue weighted by molar-refractivity contribution is -0.132. The normalized spacial score (nSPS) is 14.7. The van der Waals surface area contributed by atoms with Crippen LogP contribution < -0.4 is 4.74 Å². The summed E-state index contributed by atoms with van der Waals surface area (Å²) >= 11 is 1.73. The molecule has 0 atom stereocenters. The van der Waals surface area contributed by atoms with E-state index in [1.807, 2.05) is 30.0 Å². The minimum Gasteiger partial charge on any atom is -0.494 e. The molecule has 2 heterocycles. The van der Waals surface area contributed by atoms with Crippen LogP contribution in [0.3, 0.4) is 0 Å². The summed E-state index contributed by atoms with van der Waals surface area (Å²) in [7, 11) is 0. The molecular formula is C24H27N3O3S. The number of Topliss-reactive ketones (excluding diaryl/α,β-unsaturated/α-hetero) is 1. The van der Waals surface area contributed by atoms with Crippen molar-refractivity contribution in [1.82, 2.24) is 14.8 Å². The van der Waals surface area contributed by atoms with E-state index in [1.54, 1.807) is 35.6 Å². The van der Waals surface area contributed by atoms with Crippen LogP contribution in [0.4, 0.5) is 0 Å². The number of ether oxygens (including phenoxy) is 1. The third-order valence-corrected chi connectivity index (χ3v) is 6.50. The van der Waals surface area contributed by atoms with Crippen molar-refractivity contribution in [3.63, 3.8) is 0 Å². The number of carbonyl (C=O) groups is 2. The van der Waals surface area contributed by atoms with Crippen molar-refractivity contribution in [1.29, 1.82) is 0 Å². The minimum atomic E-state index is -0.00845.